The Morgan fingerprint density at radius 1 is 1.56 bits per heavy atom. The van der Waals surface area contributed by atoms with Gasteiger partial charge in [-0.3, -0.25) is 10.4 Å². The van der Waals surface area contributed by atoms with Crippen molar-refractivity contribution >= 4 is 23.5 Å². The van der Waals surface area contributed by atoms with E-state index in [1.165, 1.54) is 0 Å². The molecule has 0 atom stereocenters. The summed E-state index contributed by atoms with van der Waals surface area (Å²) >= 11 is 5.03. The second-order valence-electron chi connectivity index (χ2n) is 3.23. The van der Waals surface area contributed by atoms with Crippen LogP contribution in [0.25, 0.3) is 0 Å². The Balaban J connectivity index is 2.24. The third-order valence-corrected chi connectivity index (χ3v) is 2.10. The van der Waals surface area contributed by atoms with E-state index in [0.717, 1.165) is 25.1 Å². The normalized spacial score (nSPS) is 10.3. The summed E-state index contributed by atoms with van der Waals surface area (Å²) in [5, 5.41) is 7.58. The van der Waals surface area contributed by atoms with E-state index in [0.29, 0.717) is 5.11 Å². The minimum absolute atomic E-state index is 0.542. The van der Waals surface area contributed by atoms with Crippen molar-refractivity contribution in [2.45, 2.75) is 19.8 Å². The Kier molecular flexibility index (Phi) is 6.10. The summed E-state index contributed by atoms with van der Waals surface area (Å²) in [7, 11) is 0. The Labute approximate surface area is 101 Å². The standard InChI is InChI=1S/C11H16N4S/c1-2-3-7-13-11(16)15-14-9-10-6-4-5-8-12-10/h4-6,8-9H,2-3,7H2,1H3,(H2,13,15,16). The van der Waals surface area contributed by atoms with Crippen LogP contribution in [-0.4, -0.2) is 22.9 Å². The molecule has 0 unspecified atom stereocenters. The summed E-state index contributed by atoms with van der Waals surface area (Å²) in [4.78, 5) is 4.10. The van der Waals surface area contributed by atoms with E-state index >= 15 is 0 Å². The molecule has 0 spiro atoms. The van der Waals surface area contributed by atoms with Crippen LogP contribution in [0.2, 0.25) is 0 Å². The zero-order valence-corrected chi connectivity index (χ0v) is 10.1. The lowest BCUT2D eigenvalue weighted by molar-refractivity contribution is 0.745. The molecular formula is C11H16N4S. The third-order valence-electron chi connectivity index (χ3n) is 1.87. The summed E-state index contributed by atoms with van der Waals surface area (Å²) in [6.45, 7) is 3.01. The Hall–Kier alpha value is -1.49. The Morgan fingerprint density at radius 3 is 3.12 bits per heavy atom. The Morgan fingerprint density at radius 2 is 2.44 bits per heavy atom. The van der Waals surface area contributed by atoms with E-state index in [1.54, 1.807) is 12.4 Å². The summed E-state index contributed by atoms with van der Waals surface area (Å²) in [5.41, 5.74) is 3.54. The minimum atomic E-state index is 0.542. The number of pyridine rings is 1. The SMILES string of the molecule is CCCCNC(=S)NN=Cc1ccccn1. The average molecular weight is 236 g/mol. The summed E-state index contributed by atoms with van der Waals surface area (Å²) < 4.78 is 0. The monoisotopic (exact) mass is 236 g/mol. The van der Waals surface area contributed by atoms with Crippen molar-refractivity contribution in [2.75, 3.05) is 6.54 Å². The maximum atomic E-state index is 5.03. The quantitative estimate of drug-likeness (QED) is 0.353. The number of aromatic nitrogens is 1. The molecule has 1 heterocycles. The second kappa shape index (κ2) is 7.76. The molecule has 1 aromatic heterocycles. The molecular weight excluding hydrogens is 220 g/mol. The molecule has 0 aliphatic carbocycles. The molecule has 2 N–H and O–H groups in total. The van der Waals surface area contributed by atoms with Gasteiger partial charge in [0.1, 0.15) is 0 Å². The lowest BCUT2D eigenvalue weighted by atomic mass is 10.3. The molecule has 86 valence electrons. The molecule has 5 heteroatoms. The second-order valence-corrected chi connectivity index (χ2v) is 3.64. The molecule has 0 saturated heterocycles. The van der Waals surface area contributed by atoms with Crippen LogP contribution >= 0.6 is 12.2 Å². The zero-order chi connectivity index (χ0) is 11.6. The van der Waals surface area contributed by atoms with Crippen LogP contribution in [0.15, 0.2) is 29.5 Å². The maximum absolute atomic E-state index is 5.03. The van der Waals surface area contributed by atoms with Crippen LogP contribution in [0.4, 0.5) is 0 Å². The fourth-order valence-corrected chi connectivity index (χ4v) is 1.18. The van der Waals surface area contributed by atoms with Crippen LogP contribution < -0.4 is 10.7 Å². The number of nitrogens with one attached hydrogen (secondary N) is 2. The van der Waals surface area contributed by atoms with E-state index in [2.05, 4.69) is 27.8 Å². The number of rotatable bonds is 5. The topological polar surface area (TPSA) is 49.3 Å². The number of unbranched alkanes of at least 4 members (excludes halogenated alkanes) is 1. The van der Waals surface area contributed by atoms with E-state index in [1.807, 2.05) is 18.2 Å². The minimum Gasteiger partial charge on any atom is -0.361 e. The molecule has 0 amide bonds. The smallest absolute Gasteiger partial charge is 0.186 e. The summed E-state index contributed by atoms with van der Waals surface area (Å²) in [6.07, 6.45) is 5.60. The molecule has 0 bridgehead atoms. The summed E-state index contributed by atoms with van der Waals surface area (Å²) in [5.74, 6) is 0. The first-order valence-electron chi connectivity index (χ1n) is 5.31. The molecule has 0 radical (unpaired) electrons. The lowest BCUT2D eigenvalue weighted by Gasteiger charge is -2.04. The van der Waals surface area contributed by atoms with Gasteiger partial charge in [-0.2, -0.15) is 5.10 Å². The largest absolute Gasteiger partial charge is 0.361 e. The third kappa shape index (κ3) is 5.41. The number of hydrogen-bond donors (Lipinski definition) is 2. The van der Waals surface area contributed by atoms with Gasteiger partial charge in [-0.05, 0) is 30.8 Å². The zero-order valence-electron chi connectivity index (χ0n) is 9.31. The van der Waals surface area contributed by atoms with Crippen molar-refractivity contribution < 1.29 is 0 Å². The van der Waals surface area contributed by atoms with Crippen molar-refractivity contribution in [2.24, 2.45) is 5.10 Å². The van der Waals surface area contributed by atoms with E-state index in [-0.39, 0.29) is 0 Å². The predicted octanol–water partition coefficient (Wildman–Crippen LogP) is 1.68. The first kappa shape index (κ1) is 12.6. The molecule has 0 aromatic carbocycles. The Bertz CT molecular complexity index is 337. The van der Waals surface area contributed by atoms with Crippen molar-refractivity contribution in [3.8, 4) is 0 Å². The van der Waals surface area contributed by atoms with Gasteiger partial charge in [-0.1, -0.05) is 19.4 Å². The highest BCUT2D eigenvalue weighted by molar-refractivity contribution is 7.80. The van der Waals surface area contributed by atoms with Crippen LogP contribution in [-0.2, 0) is 0 Å². The highest BCUT2D eigenvalue weighted by atomic mass is 32.1. The van der Waals surface area contributed by atoms with Gasteiger partial charge >= 0.3 is 0 Å². The van der Waals surface area contributed by atoms with Crippen molar-refractivity contribution in [3.63, 3.8) is 0 Å². The summed E-state index contributed by atoms with van der Waals surface area (Å²) in [6, 6.07) is 5.65. The fraction of sp³-hybridized carbons (Fsp3) is 0.364. The van der Waals surface area contributed by atoms with Crippen LogP contribution in [0.1, 0.15) is 25.5 Å². The van der Waals surface area contributed by atoms with E-state index in [9.17, 15) is 0 Å². The maximum Gasteiger partial charge on any atom is 0.186 e. The highest BCUT2D eigenvalue weighted by Gasteiger charge is 1.91. The highest BCUT2D eigenvalue weighted by Crippen LogP contribution is 1.87. The van der Waals surface area contributed by atoms with Crippen LogP contribution in [0, 0.1) is 0 Å². The molecule has 0 aliphatic heterocycles. The van der Waals surface area contributed by atoms with Crippen LogP contribution in [0.3, 0.4) is 0 Å². The van der Waals surface area contributed by atoms with E-state index in [4.69, 9.17) is 12.2 Å². The number of thiocarbonyl (C=S) groups is 1. The van der Waals surface area contributed by atoms with Gasteiger partial charge in [0.25, 0.3) is 0 Å². The van der Waals surface area contributed by atoms with Crippen LogP contribution in [0.5, 0.6) is 0 Å². The first-order valence-corrected chi connectivity index (χ1v) is 5.71. The molecule has 4 nitrogen and oxygen atoms in total. The lowest BCUT2D eigenvalue weighted by Crippen LogP contribution is -2.32. The molecule has 16 heavy (non-hydrogen) atoms. The predicted molar refractivity (Wildman–Crippen MR) is 70.5 cm³/mol. The van der Waals surface area contributed by atoms with Gasteiger partial charge in [-0.25, -0.2) is 0 Å². The molecule has 1 rings (SSSR count). The molecule has 0 fully saturated rings. The van der Waals surface area contributed by atoms with Crippen molar-refractivity contribution in [3.05, 3.63) is 30.1 Å². The van der Waals surface area contributed by atoms with Gasteiger partial charge in [-0.15, -0.1) is 0 Å². The van der Waals surface area contributed by atoms with E-state index < -0.39 is 0 Å². The number of hydrogen-bond acceptors (Lipinski definition) is 3. The number of nitrogens with zero attached hydrogens (tertiary/aromatic N) is 2. The van der Waals surface area contributed by atoms with Gasteiger partial charge in [0.15, 0.2) is 5.11 Å². The van der Waals surface area contributed by atoms with Gasteiger partial charge in [0, 0.05) is 12.7 Å². The molecule has 0 aliphatic rings. The van der Waals surface area contributed by atoms with Crippen molar-refractivity contribution in [1.29, 1.82) is 0 Å². The van der Waals surface area contributed by atoms with Crippen molar-refractivity contribution in [1.82, 2.24) is 15.7 Å². The average Bonchev–Trinajstić information content (AvgIpc) is 2.31. The number of hydrazone groups is 1. The fourth-order valence-electron chi connectivity index (χ4n) is 1.03. The van der Waals surface area contributed by atoms with Gasteiger partial charge < -0.3 is 5.32 Å². The molecule has 0 saturated carbocycles. The first-order chi connectivity index (χ1) is 7.83. The van der Waals surface area contributed by atoms with Gasteiger partial charge in [0.05, 0.1) is 11.9 Å². The van der Waals surface area contributed by atoms with Gasteiger partial charge in [0.2, 0.25) is 0 Å². The molecule has 1 aromatic rings.